The smallest absolute Gasteiger partial charge is 0.253 e. The quantitative estimate of drug-likeness (QED) is 0.842. The highest BCUT2D eigenvalue weighted by atomic mass is 16.1. The fourth-order valence-corrected chi connectivity index (χ4v) is 2.45. The molecule has 18 heavy (non-hydrogen) atoms. The highest BCUT2D eigenvalue weighted by Gasteiger charge is 2.21. The van der Waals surface area contributed by atoms with Gasteiger partial charge in [-0.2, -0.15) is 0 Å². The number of anilines is 1. The molecule has 1 saturated carbocycles. The van der Waals surface area contributed by atoms with Crippen LogP contribution in [-0.2, 0) is 0 Å². The van der Waals surface area contributed by atoms with Crippen LogP contribution in [0.3, 0.4) is 0 Å². The summed E-state index contributed by atoms with van der Waals surface area (Å²) >= 11 is 0. The third kappa shape index (κ3) is 3.00. The molecule has 0 radical (unpaired) electrons. The highest BCUT2D eigenvalue weighted by molar-refractivity contribution is 5.96. The second kappa shape index (κ2) is 5.38. The van der Waals surface area contributed by atoms with Gasteiger partial charge in [0.1, 0.15) is 0 Å². The molecule has 1 aliphatic rings. The number of aryl methyl sites for hydroxylation is 1. The first kappa shape index (κ1) is 12.9. The third-order valence-corrected chi connectivity index (χ3v) is 3.70. The number of nitrogens with zero attached hydrogens (tertiary/aromatic N) is 1. The van der Waals surface area contributed by atoms with Gasteiger partial charge in [-0.05, 0) is 44.6 Å². The molecule has 0 spiro atoms. The minimum absolute atomic E-state index is 0.0492. The number of hydrogen-bond acceptors (Lipinski definition) is 3. The first-order valence-corrected chi connectivity index (χ1v) is 6.59. The van der Waals surface area contributed by atoms with Crippen molar-refractivity contribution >= 4 is 11.6 Å². The Hall–Kier alpha value is -1.58. The highest BCUT2D eigenvalue weighted by Crippen LogP contribution is 2.23. The molecule has 0 atom stereocenters. The topological polar surface area (TPSA) is 68.0 Å². The summed E-state index contributed by atoms with van der Waals surface area (Å²) in [6.45, 7) is 4.10. The molecule has 4 nitrogen and oxygen atoms in total. The molecule has 0 unspecified atom stereocenters. The molecule has 4 heteroatoms. The Morgan fingerprint density at radius 3 is 2.72 bits per heavy atom. The molecule has 2 rings (SSSR count). The van der Waals surface area contributed by atoms with Gasteiger partial charge in [0.2, 0.25) is 0 Å². The summed E-state index contributed by atoms with van der Waals surface area (Å²) in [6.07, 6.45) is 6.11. The number of rotatable bonds is 2. The SMILES string of the molecule is Cc1ncc(N)cc1C(=O)NC1CCC(C)CC1. The molecule has 0 bridgehead atoms. The van der Waals surface area contributed by atoms with Gasteiger partial charge in [-0.25, -0.2) is 0 Å². The van der Waals surface area contributed by atoms with E-state index in [1.54, 1.807) is 12.3 Å². The number of pyridine rings is 1. The zero-order chi connectivity index (χ0) is 13.1. The Bertz CT molecular complexity index is 437. The number of nitrogens with two attached hydrogens (primary N) is 1. The van der Waals surface area contributed by atoms with Crippen LogP contribution in [0.15, 0.2) is 12.3 Å². The van der Waals surface area contributed by atoms with Crippen molar-refractivity contribution in [1.82, 2.24) is 10.3 Å². The summed E-state index contributed by atoms with van der Waals surface area (Å²) < 4.78 is 0. The van der Waals surface area contributed by atoms with E-state index in [0.717, 1.165) is 24.5 Å². The van der Waals surface area contributed by atoms with Crippen molar-refractivity contribution in [3.8, 4) is 0 Å². The number of hydrogen-bond donors (Lipinski definition) is 2. The van der Waals surface area contributed by atoms with Crippen LogP contribution in [-0.4, -0.2) is 16.9 Å². The Morgan fingerprint density at radius 1 is 1.39 bits per heavy atom. The molecule has 1 aromatic rings. The number of amides is 1. The maximum absolute atomic E-state index is 12.2. The van der Waals surface area contributed by atoms with Gasteiger partial charge in [0.25, 0.3) is 5.91 Å². The van der Waals surface area contributed by atoms with E-state index in [-0.39, 0.29) is 5.91 Å². The average Bonchev–Trinajstić information content (AvgIpc) is 2.35. The van der Waals surface area contributed by atoms with Gasteiger partial charge >= 0.3 is 0 Å². The van der Waals surface area contributed by atoms with Crippen LogP contribution in [0.2, 0.25) is 0 Å². The van der Waals surface area contributed by atoms with E-state index < -0.39 is 0 Å². The zero-order valence-electron chi connectivity index (χ0n) is 11.1. The summed E-state index contributed by atoms with van der Waals surface area (Å²) in [4.78, 5) is 16.3. The van der Waals surface area contributed by atoms with Gasteiger partial charge in [-0.1, -0.05) is 6.92 Å². The van der Waals surface area contributed by atoms with Crippen molar-refractivity contribution in [3.05, 3.63) is 23.5 Å². The lowest BCUT2D eigenvalue weighted by Crippen LogP contribution is -2.37. The number of carbonyl (C=O) groups is 1. The lowest BCUT2D eigenvalue weighted by Gasteiger charge is -2.27. The van der Waals surface area contributed by atoms with Gasteiger partial charge in [-0.3, -0.25) is 9.78 Å². The fraction of sp³-hybridized carbons (Fsp3) is 0.571. The Morgan fingerprint density at radius 2 is 2.06 bits per heavy atom. The van der Waals surface area contributed by atoms with Gasteiger partial charge < -0.3 is 11.1 Å². The van der Waals surface area contributed by atoms with Gasteiger partial charge in [0, 0.05) is 6.04 Å². The monoisotopic (exact) mass is 247 g/mol. The number of nitrogens with one attached hydrogen (secondary N) is 1. The van der Waals surface area contributed by atoms with Crippen molar-refractivity contribution in [2.45, 2.75) is 45.6 Å². The third-order valence-electron chi connectivity index (χ3n) is 3.70. The Kier molecular flexibility index (Phi) is 3.84. The van der Waals surface area contributed by atoms with E-state index in [1.165, 1.54) is 12.8 Å². The van der Waals surface area contributed by atoms with Crippen LogP contribution in [0, 0.1) is 12.8 Å². The van der Waals surface area contributed by atoms with Crippen LogP contribution in [0.5, 0.6) is 0 Å². The van der Waals surface area contributed by atoms with E-state index in [9.17, 15) is 4.79 Å². The molecule has 0 saturated heterocycles. The largest absolute Gasteiger partial charge is 0.397 e. The first-order valence-electron chi connectivity index (χ1n) is 6.59. The summed E-state index contributed by atoms with van der Waals surface area (Å²) in [5.41, 5.74) is 7.52. The van der Waals surface area contributed by atoms with Crippen LogP contribution in [0.25, 0.3) is 0 Å². The summed E-state index contributed by atoms with van der Waals surface area (Å²) in [7, 11) is 0. The molecule has 1 amide bonds. The number of carbonyl (C=O) groups excluding carboxylic acids is 1. The lowest BCUT2D eigenvalue weighted by molar-refractivity contribution is 0.0922. The fourth-order valence-electron chi connectivity index (χ4n) is 2.45. The van der Waals surface area contributed by atoms with Gasteiger partial charge in [0.05, 0.1) is 23.1 Å². The number of aromatic nitrogens is 1. The molecule has 98 valence electrons. The molecule has 0 aromatic carbocycles. The summed E-state index contributed by atoms with van der Waals surface area (Å²) in [6, 6.07) is 2.00. The molecule has 1 aliphatic carbocycles. The molecule has 3 N–H and O–H groups in total. The lowest BCUT2D eigenvalue weighted by atomic mass is 9.87. The molecule has 0 aliphatic heterocycles. The zero-order valence-corrected chi connectivity index (χ0v) is 11.1. The van der Waals surface area contributed by atoms with Crippen LogP contribution in [0.4, 0.5) is 5.69 Å². The molecular formula is C14H21N3O. The summed E-state index contributed by atoms with van der Waals surface area (Å²) in [5, 5.41) is 3.09. The van der Waals surface area contributed by atoms with Crippen molar-refractivity contribution in [1.29, 1.82) is 0 Å². The van der Waals surface area contributed by atoms with Crippen LogP contribution < -0.4 is 11.1 Å². The second-order valence-electron chi connectivity index (χ2n) is 5.33. The van der Waals surface area contributed by atoms with E-state index in [0.29, 0.717) is 17.3 Å². The molecule has 1 aromatic heterocycles. The predicted octanol–water partition coefficient (Wildman–Crippen LogP) is 2.28. The van der Waals surface area contributed by atoms with Gasteiger partial charge in [-0.15, -0.1) is 0 Å². The summed E-state index contributed by atoms with van der Waals surface area (Å²) in [5.74, 6) is 0.737. The standard InChI is InChI=1S/C14H21N3O/c1-9-3-5-12(6-4-9)17-14(18)13-7-11(15)8-16-10(13)2/h7-9,12H,3-6,15H2,1-2H3,(H,17,18). The maximum Gasteiger partial charge on any atom is 0.253 e. The average molecular weight is 247 g/mol. The Balaban J connectivity index is 2.01. The maximum atomic E-state index is 12.2. The van der Waals surface area contributed by atoms with Crippen LogP contribution in [0.1, 0.15) is 48.7 Å². The predicted molar refractivity (Wildman–Crippen MR) is 72.3 cm³/mol. The van der Waals surface area contributed by atoms with Crippen molar-refractivity contribution in [2.24, 2.45) is 5.92 Å². The minimum Gasteiger partial charge on any atom is -0.397 e. The van der Waals surface area contributed by atoms with Gasteiger partial charge in [0.15, 0.2) is 0 Å². The first-order chi connectivity index (χ1) is 8.56. The van der Waals surface area contributed by atoms with Crippen molar-refractivity contribution in [2.75, 3.05) is 5.73 Å². The second-order valence-corrected chi connectivity index (χ2v) is 5.33. The van der Waals surface area contributed by atoms with E-state index in [4.69, 9.17) is 5.73 Å². The number of nitrogen functional groups attached to an aromatic ring is 1. The minimum atomic E-state index is -0.0492. The van der Waals surface area contributed by atoms with Crippen molar-refractivity contribution < 1.29 is 4.79 Å². The van der Waals surface area contributed by atoms with Crippen molar-refractivity contribution in [3.63, 3.8) is 0 Å². The van der Waals surface area contributed by atoms with E-state index in [2.05, 4.69) is 17.2 Å². The molecule has 1 heterocycles. The van der Waals surface area contributed by atoms with E-state index in [1.807, 2.05) is 6.92 Å². The van der Waals surface area contributed by atoms with Crippen LogP contribution >= 0.6 is 0 Å². The normalized spacial score (nSPS) is 23.7. The molecular weight excluding hydrogens is 226 g/mol. The molecule has 1 fully saturated rings. The Labute approximate surface area is 108 Å². The van der Waals surface area contributed by atoms with E-state index >= 15 is 0 Å².